The number of aromatic nitrogens is 1. The average molecular weight is 247 g/mol. The summed E-state index contributed by atoms with van der Waals surface area (Å²) in [6.45, 7) is 1.66. The predicted octanol–water partition coefficient (Wildman–Crippen LogP) is 1.83. The van der Waals surface area contributed by atoms with Crippen LogP contribution in [0.15, 0.2) is 28.9 Å². The van der Waals surface area contributed by atoms with E-state index in [1.54, 1.807) is 32.2 Å². The molecule has 0 atom stereocenters. The monoisotopic (exact) mass is 247 g/mol. The lowest BCUT2D eigenvalue weighted by Crippen LogP contribution is -2.13. The summed E-state index contributed by atoms with van der Waals surface area (Å²) < 4.78 is 9.90. The predicted molar refractivity (Wildman–Crippen MR) is 66.6 cm³/mol. The molecule has 0 unspecified atom stereocenters. The highest BCUT2D eigenvalue weighted by molar-refractivity contribution is 6.06. The molecule has 0 bridgehead atoms. The van der Waals surface area contributed by atoms with Crippen molar-refractivity contribution in [3.63, 3.8) is 0 Å². The fourth-order valence-electron chi connectivity index (χ4n) is 1.48. The van der Waals surface area contributed by atoms with Gasteiger partial charge in [-0.3, -0.25) is 4.79 Å². The second-order valence-corrected chi connectivity index (χ2v) is 3.70. The van der Waals surface area contributed by atoms with Crippen molar-refractivity contribution in [1.82, 2.24) is 5.16 Å². The molecule has 18 heavy (non-hydrogen) atoms. The Kier molecular flexibility index (Phi) is 3.18. The number of aryl methyl sites for hydroxylation is 1. The Morgan fingerprint density at radius 2 is 2.28 bits per heavy atom. The Morgan fingerprint density at radius 1 is 1.50 bits per heavy atom. The van der Waals surface area contributed by atoms with Gasteiger partial charge in [-0.1, -0.05) is 5.16 Å². The number of hydrogen-bond donors (Lipinski definition) is 2. The van der Waals surface area contributed by atoms with Gasteiger partial charge in [-0.2, -0.15) is 0 Å². The minimum Gasteiger partial charge on any atom is -0.497 e. The van der Waals surface area contributed by atoms with Crippen molar-refractivity contribution >= 4 is 17.3 Å². The molecule has 2 aromatic rings. The summed E-state index contributed by atoms with van der Waals surface area (Å²) in [6.07, 6.45) is 1.36. The molecule has 1 aromatic heterocycles. The van der Waals surface area contributed by atoms with Crippen LogP contribution < -0.4 is 15.8 Å². The Bertz CT molecular complexity index is 578. The SMILES string of the molecule is COc1ccc(N)c(NC(=O)c2cnoc2C)c1. The lowest BCUT2D eigenvalue weighted by molar-refractivity contribution is 0.102. The minimum atomic E-state index is -0.325. The molecule has 1 aromatic carbocycles. The van der Waals surface area contributed by atoms with Crippen molar-refractivity contribution < 1.29 is 14.1 Å². The average Bonchev–Trinajstić information content (AvgIpc) is 2.78. The molecule has 3 N–H and O–H groups in total. The Balaban J connectivity index is 2.24. The van der Waals surface area contributed by atoms with Gasteiger partial charge < -0.3 is 20.3 Å². The number of methoxy groups -OCH3 is 1. The van der Waals surface area contributed by atoms with Gasteiger partial charge in [0.15, 0.2) is 0 Å². The van der Waals surface area contributed by atoms with E-state index >= 15 is 0 Å². The van der Waals surface area contributed by atoms with Crippen molar-refractivity contribution in [2.75, 3.05) is 18.2 Å². The van der Waals surface area contributed by atoms with Crippen LogP contribution in [-0.2, 0) is 0 Å². The first-order chi connectivity index (χ1) is 8.61. The summed E-state index contributed by atoms with van der Waals surface area (Å²) in [7, 11) is 1.54. The number of carbonyl (C=O) groups is 1. The van der Waals surface area contributed by atoms with E-state index in [1.807, 2.05) is 0 Å². The molecule has 0 aliphatic carbocycles. The molecular weight excluding hydrogens is 234 g/mol. The van der Waals surface area contributed by atoms with Crippen LogP contribution in [0.3, 0.4) is 0 Å². The number of benzene rings is 1. The number of anilines is 2. The number of rotatable bonds is 3. The van der Waals surface area contributed by atoms with E-state index in [1.165, 1.54) is 6.20 Å². The van der Waals surface area contributed by atoms with Gasteiger partial charge in [-0.25, -0.2) is 0 Å². The molecule has 94 valence electrons. The van der Waals surface area contributed by atoms with Crippen LogP contribution in [0.4, 0.5) is 11.4 Å². The minimum absolute atomic E-state index is 0.325. The highest BCUT2D eigenvalue weighted by Gasteiger charge is 2.14. The maximum absolute atomic E-state index is 11.9. The van der Waals surface area contributed by atoms with Crippen LogP contribution in [0, 0.1) is 6.92 Å². The van der Waals surface area contributed by atoms with Crippen LogP contribution >= 0.6 is 0 Å². The molecule has 6 nitrogen and oxygen atoms in total. The zero-order chi connectivity index (χ0) is 13.1. The van der Waals surface area contributed by atoms with Gasteiger partial charge in [-0.05, 0) is 19.1 Å². The van der Waals surface area contributed by atoms with Crippen LogP contribution in [0.5, 0.6) is 5.75 Å². The maximum Gasteiger partial charge on any atom is 0.260 e. The quantitative estimate of drug-likeness (QED) is 0.807. The first kappa shape index (κ1) is 12.0. The summed E-state index contributed by atoms with van der Waals surface area (Å²) in [6, 6.07) is 5.03. The van der Waals surface area contributed by atoms with Crippen LogP contribution in [0.25, 0.3) is 0 Å². The number of nitrogens with zero attached hydrogens (tertiary/aromatic N) is 1. The lowest BCUT2D eigenvalue weighted by Gasteiger charge is -2.09. The molecular formula is C12H13N3O3. The molecule has 0 saturated carbocycles. The molecule has 6 heteroatoms. The van der Waals surface area contributed by atoms with Crippen molar-refractivity contribution in [3.8, 4) is 5.75 Å². The smallest absolute Gasteiger partial charge is 0.260 e. The molecule has 0 fully saturated rings. The van der Waals surface area contributed by atoms with Crippen LogP contribution in [-0.4, -0.2) is 18.2 Å². The standard InChI is InChI=1S/C12H13N3O3/c1-7-9(6-14-18-7)12(16)15-11-5-8(17-2)3-4-10(11)13/h3-6H,13H2,1-2H3,(H,15,16). The van der Waals surface area contributed by atoms with E-state index in [0.717, 1.165) is 0 Å². The lowest BCUT2D eigenvalue weighted by atomic mass is 10.2. The Labute approximate surface area is 104 Å². The highest BCUT2D eigenvalue weighted by Crippen LogP contribution is 2.25. The number of carbonyl (C=O) groups excluding carboxylic acids is 1. The van der Waals surface area contributed by atoms with Crippen molar-refractivity contribution in [3.05, 3.63) is 35.7 Å². The third kappa shape index (κ3) is 2.27. The Hall–Kier alpha value is -2.50. The molecule has 1 heterocycles. The van der Waals surface area contributed by atoms with Gasteiger partial charge in [0.1, 0.15) is 17.1 Å². The first-order valence-corrected chi connectivity index (χ1v) is 5.28. The van der Waals surface area contributed by atoms with E-state index in [-0.39, 0.29) is 5.91 Å². The third-order valence-corrected chi connectivity index (χ3v) is 2.50. The molecule has 0 aliphatic heterocycles. The van der Waals surface area contributed by atoms with Crippen LogP contribution in [0.1, 0.15) is 16.1 Å². The highest BCUT2D eigenvalue weighted by atomic mass is 16.5. The third-order valence-electron chi connectivity index (χ3n) is 2.50. The zero-order valence-corrected chi connectivity index (χ0v) is 10.1. The van der Waals surface area contributed by atoms with Crippen molar-refractivity contribution in [2.45, 2.75) is 6.92 Å². The van der Waals surface area contributed by atoms with Gasteiger partial charge >= 0.3 is 0 Å². The molecule has 0 saturated heterocycles. The molecule has 0 aliphatic rings. The largest absolute Gasteiger partial charge is 0.497 e. The number of ether oxygens (including phenoxy) is 1. The second-order valence-electron chi connectivity index (χ2n) is 3.70. The second kappa shape index (κ2) is 4.79. The molecule has 1 amide bonds. The van der Waals surface area contributed by atoms with E-state index in [9.17, 15) is 4.79 Å². The molecule has 0 radical (unpaired) electrons. The van der Waals surface area contributed by atoms with Gasteiger partial charge in [-0.15, -0.1) is 0 Å². The van der Waals surface area contributed by atoms with Crippen molar-refractivity contribution in [2.24, 2.45) is 0 Å². The maximum atomic E-state index is 11.9. The number of nitrogens with one attached hydrogen (secondary N) is 1. The number of nitrogen functional groups attached to an aromatic ring is 1. The van der Waals surface area contributed by atoms with E-state index in [2.05, 4.69) is 10.5 Å². The fourth-order valence-corrected chi connectivity index (χ4v) is 1.48. The fraction of sp³-hybridized carbons (Fsp3) is 0.167. The van der Waals surface area contributed by atoms with Gasteiger partial charge in [0.2, 0.25) is 0 Å². The summed E-state index contributed by atoms with van der Waals surface area (Å²) >= 11 is 0. The normalized spacial score (nSPS) is 10.1. The summed E-state index contributed by atoms with van der Waals surface area (Å²) in [4.78, 5) is 11.9. The van der Waals surface area contributed by atoms with E-state index < -0.39 is 0 Å². The number of amides is 1. The summed E-state index contributed by atoms with van der Waals surface area (Å²) in [5.41, 5.74) is 7.09. The molecule has 2 rings (SSSR count). The van der Waals surface area contributed by atoms with Crippen molar-refractivity contribution in [1.29, 1.82) is 0 Å². The summed E-state index contributed by atoms with van der Waals surface area (Å²) in [5.74, 6) is 0.740. The van der Waals surface area contributed by atoms with E-state index in [0.29, 0.717) is 28.4 Å². The topological polar surface area (TPSA) is 90.4 Å². The zero-order valence-electron chi connectivity index (χ0n) is 10.1. The first-order valence-electron chi connectivity index (χ1n) is 5.28. The van der Waals surface area contributed by atoms with Crippen LogP contribution in [0.2, 0.25) is 0 Å². The van der Waals surface area contributed by atoms with Gasteiger partial charge in [0, 0.05) is 6.07 Å². The number of nitrogens with two attached hydrogens (primary N) is 1. The van der Waals surface area contributed by atoms with Gasteiger partial charge in [0.05, 0.1) is 24.7 Å². The van der Waals surface area contributed by atoms with E-state index in [4.69, 9.17) is 15.0 Å². The molecule has 0 spiro atoms. The Morgan fingerprint density at radius 3 is 2.89 bits per heavy atom. The number of hydrogen-bond acceptors (Lipinski definition) is 5. The van der Waals surface area contributed by atoms with Gasteiger partial charge in [0.25, 0.3) is 5.91 Å². The summed E-state index contributed by atoms with van der Waals surface area (Å²) in [5, 5.41) is 6.23.